The van der Waals surface area contributed by atoms with Gasteiger partial charge in [-0.3, -0.25) is 19.1 Å². The lowest BCUT2D eigenvalue weighted by Crippen LogP contribution is -2.48. The summed E-state index contributed by atoms with van der Waals surface area (Å²) in [4.78, 5) is 49.4. The Morgan fingerprint density at radius 2 is 1.50 bits per heavy atom. The summed E-state index contributed by atoms with van der Waals surface area (Å²) >= 11 is 4.17. The summed E-state index contributed by atoms with van der Waals surface area (Å²) in [6, 6.07) is 11.9. The molecular formula is C35H47BN6O7S. The number of nitrogens with one attached hydrogen (secondary N) is 3. The highest BCUT2D eigenvalue weighted by molar-refractivity contribution is 7.79. The van der Waals surface area contributed by atoms with E-state index in [2.05, 4.69) is 57.9 Å². The number of aliphatic carboxylic acids is 2. The lowest BCUT2D eigenvalue weighted by Gasteiger charge is -2.32. The maximum atomic E-state index is 12.8. The monoisotopic (exact) mass is 706 g/mol. The largest absolute Gasteiger partial charge is 0.508 e. The first kappa shape index (κ1) is 40.1. The van der Waals surface area contributed by atoms with Crippen molar-refractivity contribution in [2.24, 2.45) is 0 Å². The van der Waals surface area contributed by atoms with E-state index in [4.69, 9.17) is 7.85 Å². The highest BCUT2D eigenvalue weighted by atomic mass is 32.1. The second-order valence-electron chi connectivity index (χ2n) is 12.7. The molecule has 3 rings (SSSR count). The zero-order valence-corrected chi connectivity index (χ0v) is 29.4. The van der Waals surface area contributed by atoms with E-state index in [9.17, 15) is 34.5 Å². The zero-order valence-electron chi connectivity index (χ0n) is 28.5. The lowest BCUT2D eigenvalue weighted by molar-refractivity contribution is -0.144. The number of phenols is 1. The number of rotatable bonds is 22. The fraction of sp³-hybridized carbons (Fsp3) is 0.486. The number of benzene rings is 2. The van der Waals surface area contributed by atoms with E-state index in [0.29, 0.717) is 31.6 Å². The van der Waals surface area contributed by atoms with Crippen LogP contribution in [-0.2, 0) is 36.9 Å². The Morgan fingerprint density at radius 3 is 2.08 bits per heavy atom. The molecule has 4 atom stereocenters. The minimum absolute atomic E-state index is 0.147. The number of aryl methyl sites for hydroxylation is 2. The topological polar surface area (TPSA) is 196 Å². The average molecular weight is 707 g/mol. The number of aromatic hydroxyl groups is 1. The van der Waals surface area contributed by atoms with Crippen LogP contribution < -0.4 is 16.0 Å². The Hall–Kier alpha value is -4.37. The van der Waals surface area contributed by atoms with E-state index >= 15 is 0 Å². The molecule has 2 radical (unpaired) electrons. The first-order valence-corrected chi connectivity index (χ1v) is 17.3. The minimum Gasteiger partial charge on any atom is -0.508 e. The molecule has 1 heterocycles. The average Bonchev–Trinajstić information content (AvgIpc) is 3.55. The Bertz CT molecular complexity index is 1510. The molecule has 0 spiro atoms. The van der Waals surface area contributed by atoms with Crippen molar-refractivity contribution in [1.82, 2.24) is 30.9 Å². The van der Waals surface area contributed by atoms with Crippen LogP contribution in [0.1, 0.15) is 74.3 Å². The number of aromatic nitrogens is 3. The van der Waals surface area contributed by atoms with Crippen molar-refractivity contribution < 1.29 is 34.5 Å². The van der Waals surface area contributed by atoms with E-state index < -0.39 is 54.1 Å². The van der Waals surface area contributed by atoms with Crippen LogP contribution in [0.3, 0.4) is 0 Å². The molecule has 15 heteroatoms. The van der Waals surface area contributed by atoms with Crippen LogP contribution in [0.25, 0.3) is 0 Å². The summed E-state index contributed by atoms with van der Waals surface area (Å²) in [5.74, 6) is -3.44. The number of nitrogens with zero attached hydrogens (tertiary/aromatic N) is 3. The van der Waals surface area contributed by atoms with Crippen molar-refractivity contribution in [2.45, 2.75) is 101 Å². The predicted octanol–water partition coefficient (Wildman–Crippen LogP) is 3.14. The molecule has 0 aliphatic heterocycles. The Balaban J connectivity index is 1.49. The van der Waals surface area contributed by atoms with Crippen LogP contribution in [-0.4, -0.2) is 86.6 Å². The number of carboxylic acids is 2. The normalized spacial score (nSPS) is 14.2. The van der Waals surface area contributed by atoms with Gasteiger partial charge in [-0.25, -0.2) is 4.79 Å². The van der Waals surface area contributed by atoms with Crippen molar-refractivity contribution in [2.75, 3.05) is 6.54 Å². The standard InChI is InChI=1S/C35H47BN6O7S/c1-23-7-9-24(10-8-23)35(2,25-11-13-28(43)14-12-25)15-5-16-37-29(33(46)47)18-32(45)39-30(34(48)49)19-31(44)38-26(20-36)6-3-4-17-42-21-27(22-50)40-41-42/h7-14,21,26,29-30,37,43,50H,3-6,15-20,22H2,1-2H3,(H,38,44)(H,39,45)(H,46,47)(H,48,49)/t26-,29-,30-,35?/m0/s1. The van der Waals surface area contributed by atoms with Gasteiger partial charge in [0, 0.05) is 30.0 Å². The maximum absolute atomic E-state index is 12.8. The molecule has 0 saturated carbocycles. The van der Waals surface area contributed by atoms with Gasteiger partial charge in [-0.2, -0.15) is 12.6 Å². The smallest absolute Gasteiger partial charge is 0.326 e. The number of carboxylic acid groups (broad SMARTS) is 2. The molecule has 50 heavy (non-hydrogen) atoms. The SMILES string of the molecule is [B]C[C@H](CCCCn1cc(CS)nn1)NC(=O)C[C@H](NC(=O)C[C@H](NCCCC(C)(c1ccc(C)cc1)c1ccc(O)cc1)C(=O)O)C(=O)O. The van der Waals surface area contributed by atoms with Gasteiger partial charge < -0.3 is 31.3 Å². The van der Waals surface area contributed by atoms with Gasteiger partial charge in [0.25, 0.3) is 0 Å². The van der Waals surface area contributed by atoms with Gasteiger partial charge in [0.15, 0.2) is 0 Å². The predicted molar refractivity (Wildman–Crippen MR) is 192 cm³/mol. The number of thiol groups is 1. The molecule has 13 nitrogen and oxygen atoms in total. The number of hydrogen-bond donors (Lipinski definition) is 7. The summed E-state index contributed by atoms with van der Waals surface area (Å²) in [6.07, 6.45) is 4.12. The molecule has 0 aliphatic carbocycles. The van der Waals surface area contributed by atoms with Gasteiger partial charge in [-0.15, -0.1) is 5.10 Å². The number of unbranched alkanes of at least 4 members (excludes halogenated alkanes) is 1. The first-order chi connectivity index (χ1) is 23.8. The number of amides is 2. The molecule has 1 aromatic heterocycles. The molecule has 3 aromatic rings. The summed E-state index contributed by atoms with van der Waals surface area (Å²) in [5, 5.41) is 45.2. The van der Waals surface area contributed by atoms with Crippen molar-refractivity contribution in [3.63, 3.8) is 0 Å². The van der Waals surface area contributed by atoms with E-state index in [1.54, 1.807) is 16.8 Å². The van der Waals surface area contributed by atoms with E-state index in [0.717, 1.165) is 35.2 Å². The molecular weight excluding hydrogens is 659 g/mol. The van der Waals surface area contributed by atoms with Gasteiger partial charge >= 0.3 is 11.9 Å². The molecule has 268 valence electrons. The van der Waals surface area contributed by atoms with Crippen LogP contribution in [0.15, 0.2) is 54.7 Å². The van der Waals surface area contributed by atoms with E-state index in [1.165, 1.54) is 0 Å². The zero-order chi connectivity index (χ0) is 36.7. The Labute approximate surface area is 299 Å². The van der Waals surface area contributed by atoms with Gasteiger partial charge in [0.2, 0.25) is 11.8 Å². The Morgan fingerprint density at radius 1 is 0.900 bits per heavy atom. The number of phenolic OH excluding ortho intramolecular Hbond substituents is 1. The minimum atomic E-state index is -1.55. The number of hydrogen-bond acceptors (Lipinski definition) is 9. The van der Waals surface area contributed by atoms with Crippen LogP contribution in [0.5, 0.6) is 5.75 Å². The highest BCUT2D eigenvalue weighted by Crippen LogP contribution is 2.37. The quantitative estimate of drug-likeness (QED) is 0.0464. The van der Waals surface area contributed by atoms with Crippen molar-refractivity contribution in [1.29, 1.82) is 0 Å². The number of carbonyl (C=O) groups excluding carboxylic acids is 2. The maximum Gasteiger partial charge on any atom is 0.326 e. The second kappa shape index (κ2) is 19.7. The van der Waals surface area contributed by atoms with Crippen molar-refractivity contribution in [3.8, 4) is 5.75 Å². The van der Waals surface area contributed by atoms with E-state index in [-0.39, 0.29) is 24.7 Å². The van der Waals surface area contributed by atoms with Gasteiger partial charge in [-0.05, 0) is 68.8 Å². The van der Waals surface area contributed by atoms with Crippen molar-refractivity contribution in [3.05, 3.63) is 77.1 Å². The molecule has 1 unspecified atom stereocenters. The summed E-state index contributed by atoms with van der Waals surface area (Å²) in [6.45, 7) is 5.00. The van der Waals surface area contributed by atoms with Crippen LogP contribution in [0.4, 0.5) is 0 Å². The van der Waals surface area contributed by atoms with Crippen molar-refractivity contribution >= 4 is 44.2 Å². The second-order valence-corrected chi connectivity index (χ2v) is 13.0. The van der Waals surface area contributed by atoms with Gasteiger partial charge in [-0.1, -0.05) is 60.4 Å². The third-order valence-electron chi connectivity index (χ3n) is 8.74. The summed E-state index contributed by atoms with van der Waals surface area (Å²) in [5.41, 5.74) is 3.50. The molecule has 0 aliphatic rings. The third-order valence-corrected chi connectivity index (χ3v) is 9.06. The lowest BCUT2D eigenvalue weighted by atomic mass is 9.73. The van der Waals surface area contributed by atoms with Crippen LogP contribution >= 0.6 is 12.6 Å². The van der Waals surface area contributed by atoms with Gasteiger partial charge in [0.05, 0.1) is 26.4 Å². The molecule has 0 fully saturated rings. The fourth-order valence-corrected chi connectivity index (χ4v) is 5.86. The van der Waals surface area contributed by atoms with E-state index in [1.807, 2.05) is 37.4 Å². The summed E-state index contributed by atoms with van der Waals surface area (Å²) in [7, 11) is 5.83. The molecule has 0 bridgehead atoms. The molecule has 2 amide bonds. The molecule has 6 N–H and O–H groups in total. The first-order valence-electron chi connectivity index (χ1n) is 16.7. The van der Waals surface area contributed by atoms with Gasteiger partial charge in [0.1, 0.15) is 17.8 Å². The Kier molecular flexibility index (Phi) is 15.8. The molecule has 0 saturated heterocycles. The third kappa shape index (κ3) is 12.5. The summed E-state index contributed by atoms with van der Waals surface area (Å²) < 4.78 is 1.72. The highest BCUT2D eigenvalue weighted by Gasteiger charge is 2.30. The van der Waals surface area contributed by atoms with Crippen LogP contribution in [0, 0.1) is 6.92 Å². The molecule has 2 aromatic carbocycles. The fourth-order valence-electron chi connectivity index (χ4n) is 5.72. The number of carbonyl (C=O) groups is 4. The van der Waals surface area contributed by atoms with Crippen LogP contribution in [0.2, 0.25) is 6.32 Å².